The number of para-hydroxylation sites is 2. The zero-order valence-corrected chi connectivity index (χ0v) is 21.3. The van der Waals surface area contributed by atoms with Gasteiger partial charge in [0.15, 0.2) is 0 Å². The third-order valence-electron chi connectivity index (χ3n) is 4.71. The Morgan fingerprint density at radius 2 is 1.52 bits per heavy atom. The Morgan fingerprint density at radius 3 is 2.14 bits per heavy atom. The first-order chi connectivity index (χ1) is 13.4. The smallest absolute Gasteiger partial charge is 0.870 e. The maximum Gasteiger partial charge on any atom is 1.00 e. The summed E-state index contributed by atoms with van der Waals surface area (Å²) < 4.78 is 37.9. The summed E-state index contributed by atoms with van der Waals surface area (Å²) in [6.45, 7) is 2.21. The van der Waals surface area contributed by atoms with Crippen LogP contribution in [0.1, 0.15) is 63.9 Å². The van der Waals surface area contributed by atoms with Crippen LogP contribution in [0.3, 0.4) is 0 Å². The van der Waals surface area contributed by atoms with Gasteiger partial charge in [0.05, 0.1) is 4.90 Å². The number of benzene rings is 2. The molecule has 0 aliphatic rings. The Balaban J connectivity index is 0.00000420. The molecule has 0 aliphatic heterocycles. The molecule has 2 aromatic rings. The molecule has 1 N–H and O–H groups in total. The van der Waals surface area contributed by atoms with Crippen molar-refractivity contribution in [3.8, 4) is 17.2 Å². The molecule has 0 saturated carbocycles. The fourth-order valence-electron chi connectivity index (χ4n) is 3.10. The molecule has 5 nitrogen and oxygen atoms in total. The van der Waals surface area contributed by atoms with Gasteiger partial charge in [-0.05, 0) is 30.5 Å². The first-order valence-electron chi connectivity index (χ1n) is 9.96. The van der Waals surface area contributed by atoms with Gasteiger partial charge in [-0.25, -0.2) is 0 Å². The van der Waals surface area contributed by atoms with Gasteiger partial charge < -0.3 is 9.84 Å². The summed E-state index contributed by atoms with van der Waals surface area (Å²) in [6.07, 6.45) is 10.3. The van der Waals surface area contributed by atoms with Crippen molar-refractivity contribution in [1.29, 1.82) is 0 Å². The monoisotopic (exact) mass is 444 g/mol. The zero-order chi connectivity index (χ0) is 20.4. The SMILES string of the molecule is CCCCCCCCCCc1ccc(S(=O)(=O)O)cc1Oc1ccccc1[O-].[K+]. The van der Waals surface area contributed by atoms with E-state index in [1.165, 1.54) is 56.7 Å². The van der Waals surface area contributed by atoms with Crippen molar-refractivity contribution in [3.63, 3.8) is 0 Å². The molecular formula is C22H29KO5S. The summed E-state index contributed by atoms with van der Waals surface area (Å²) in [7, 11) is -4.34. The third kappa shape index (κ3) is 9.51. The average Bonchev–Trinajstić information content (AvgIpc) is 2.66. The zero-order valence-electron chi connectivity index (χ0n) is 17.4. The second-order valence-corrected chi connectivity index (χ2v) is 8.44. The molecule has 0 aliphatic carbocycles. The molecule has 0 bridgehead atoms. The van der Waals surface area contributed by atoms with Gasteiger partial charge in [-0.1, -0.05) is 81.9 Å². The summed E-state index contributed by atoms with van der Waals surface area (Å²) >= 11 is 0. The molecule has 2 aromatic carbocycles. The summed E-state index contributed by atoms with van der Waals surface area (Å²) in [5.41, 5.74) is 0.821. The molecule has 0 atom stereocenters. The topological polar surface area (TPSA) is 86.7 Å². The Hall–Kier alpha value is -0.414. The van der Waals surface area contributed by atoms with Crippen molar-refractivity contribution in [2.45, 2.75) is 69.6 Å². The van der Waals surface area contributed by atoms with Crippen LogP contribution in [-0.2, 0) is 16.5 Å². The van der Waals surface area contributed by atoms with Gasteiger partial charge in [0.1, 0.15) is 11.5 Å². The van der Waals surface area contributed by atoms with E-state index >= 15 is 0 Å². The van der Waals surface area contributed by atoms with Crippen molar-refractivity contribution in [1.82, 2.24) is 0 Å². The summed E-state index contributed by atoms with van der Waals surface area (Å²) in [4.78, 5) is -0.245. The minimum absolute atomic E-state index is 0. The van der Waals surface area contributed by atoms with Crippen LogP contribution in [0.15, 0.2) is 47.4 Å². The van der Waals surface area contributed by atoms with Crippen LogP contribution in [0.4, 0.5) is 0 Å². The van der Waals surface area contributed by atoms with Crippen LogP contribution < -0.4 is 61.2 Å². The van der Waals surface area contributed by atoms with E-state index < -0.39 is 10.1 Å². The Morgan fingerprint density at radius 1 is 0.897 bits per heavy atom. The van der Waals surface area contributed by atoms with E-state index in [0.29, 0.717) is 5.75 Å². The molecule has 0 spiro atoms. The van der Waals surface area contributed by atoms with Crippen molar-refractivity contribution in [2.24, 2.45) is 0 Å². The van der Waals surface area contributed by atoms with E-state index in [2.05, 4.69) is 6.92 Å². The fraction of sp³-hybridized carbons (Fsp3) is 0.455. The maximum absolute atomic E-state index is 11.9. The van der Waals surface area contributed by atoms with Crippen molar-refractivity contribution >= 4 is 10.1 Å². The Labute approximate surface area is 217 Å². The van der Waals surface area contributed by atoms with Crippen molar-refractivity contribution in [3.05, 3.63) is 48.0 Å². The molecule has 0 heterocycles. The van der Waals surface area contributed by atoms with Gasteiger partial charge >= 0.3 is 51.4 Å². The molecule has 0 fully saturated rings. The fourth-order valence-corrected chi connectivity index (χ4v) is 3.60. The van der Waals surface area contributed by atoms with Crippen LogP contribution in [0, 0.1) is 0 Å². The second-order valence-electron chi connectivity index (χ2n) is 7.02. The van der Waals surface area contributed by atoms with Gasteiger partial charge in [-0.3, -0.25) is 4.55 Å². The number of rotatable bonds is 12. The van der Waals surface area contributed by atoms with Gasteiger partial charge in [-0.15, -0.1) is 0 Å². The summed E-state index contributed by atoms with van der Waals surface area (Å²) in [5, 5.41) is 11.9. The molecule has 154 valence electrons. The third-order valence-corrected chi connectivity index (χ3v) is 5.55. The minimum Gasteiger partial charge on any atom is -0.870 e. The summed E-state index contributed by atoms with van der Waals surface area (Å²) in [5.74, 6) is 0.145. The van der Waals surface area contributed by atoms with E-state index in [4.69, 9.17) is 4.74 Å². The van der Waals surface area contributed by atoms with Crippen LogP contribution in [0.2, 0.25) is 0 Å². The van der Waals surface area contributed by atoms with Crippen molar-refractivity contribution < 1.29 is 74.2 Å². The standard InChI is InChI=1S/C22H30O5S.K/c1-2-3-4-5-6-7-8-9-12-18-15-16-19(28(24,25)26)17-22(18)27-21-14-11-10-13-20(21)23;/h10-11,13-17,23H,2-9,12H2,1H3,(H,24,25,26);/q;+1/p-1. The first kappa shape index (κ1) is 26.6. The molecule has 2 rings (SSSR count). The van der Waals surface area contributed by atoms with Gasteiger partial charge in [0, 0.05) is 6.07 Å². The average molecular weight is 445 g/mol. The molecular weight excluding hydrogens is 415 g/mol. The molecule has 0 saturated heterocycles. The second kappa shape index (κ2) is 13.8. The maximum atomic E-state index is 11.9. The predicted octanol–water partition coefficient (Wildman–Crippen LogP) is 2.49. The van der Waals surface area contributed by atoms with E-state index in [1.807, 2.05) is 0 Å². The van der Waals surface area contributed by atoms with Crippen LogP contribution >= 0.6 is 0 Å². The van der Waals surface area contributed by atoms with E-state index in [1.54, 1.807) is 24.3 Å². The van der Waals surface area contributed by atoms with E-state index in [9.17, 15) is 18.1 Å². The first-order valence-corrected chi connectivity index (χ1v) is 11.4. The largest absolute Gasteiger partial charge is 1.00 e. The number of unbranched alkanes of at least 4 members (excludes halogenated alkanes) is 7. The van der Waals surface area contributed by atoms with E-state index in [-0.39, 0.29) is 67.8 Å². The minimum atomic E-state index is -4.34. The number of hydrogen-bond donors (Lipinski definition) is 1. The van der Waals surface area contributed by atoms with Crippen LogP contribution in [-0.4, -0.2) is 13.0 Å². The normalized spacial score (nSPS) is 11.1. The van der Waals surface area contributed by atoms with Crippen molar-refractivity contribution in [2.75, 3.05) is 0 Å². The van der Waals surface area contributed by atoms with E-state index in [0.717, 1.165) is 24.8 Å². The number of aryl methyl sites for hydroxylation is 1. The van der Waals surface area contributed by atoms with Gasteiger partial charge in [0.25, 0.3) is 10.1 Å². The predicted molar refractivity (Wildman–Crippen MR) is 109 cm³/mol. The molecule has 7 heteroatoms. The number of hydrogen-bond acceptors (Lipinski definition) is 4. The molecule has 0 radical (unpaired) electrons. The van der Waals surface area contributed by atoms with Crippen LogP contribution in [0.5, 0.6) is 17.2 Å². The molecule has 0 unspecified atom stereocenters. The molecule has 0 amide bonds. The quantitative estimate of drug-likeness (QED) is 0.309. The Kier molecular flexibility index (Phi) is 12.7. The van der Waals surface area contributed by atoms with Crippen LogP contribution in [0.25, 0.3) is 0 Å². The van der Waals surface area contributed by atoms with Gasteiger partial charge in [0.2, 0.25) is 0 Å². The van der Waals surface area contributed by atoms with Gasteiger partial charge in [-0.2, -0.15) is 8.42 Å². The number of ether oxygens (including phenoxy) is 1. The Bertz CT molecular complexity index is 852. The summed E-state index contributed by atoms with van der Waals surface area (Å²) in [6, 6.07) is 10.5. The molecule has 0 aromatic heterocycles. The molecule has 29 heavy (non-hydrogen) atoms.